The lowest BCUT2D eigenvalue weighted by molar-refractivity contribution is -0.141. The van der Waals surface area contributed by atoms with E-state index in [0.29, 0.717) is 45.5 Å². The molecule has 3 aromatic heterocycles. The van der Waals surface area contributed by atoms with Gasteiger partial charge in [-0.3, -0.25) is 4.57 Å². The second-order valence-corrected chi connectivity index (χ2v) is 14.7. The van der Waals surface area contributed by atoms with Crippen LogP contribution in [0.2, 0.25) is 0 Å². The van der Waals surface area contributed by atoms with E-state index in [4.69, 9.17) is 4.98 Å². The second kappa shape index (κ2) is 13.0. The van der Waals surface area contributed by atoms with E-state index < -0.39 is 34.9 Å². The zero-order valence-corrected chi connectivity index (χ0v) is 31.2. The molecule has 0 unspecified atom stereocenters. The lowest BCUT2D eigenvalue weighted by Crippen LogP contribution is -2.12. The van der Waals surface area contributed by atoms with Crippen molar-refractivity contribution < 1.29 is 26.3 Å². The number of rotatable bonds is 4. The third-order valence-electron chi connectivity index (χ3n) is 11.4. The van der Waals surface area contributed by atoms with Crippen LogP contribution in [-0.4, -0.2) is 19.1 Å². The van der Waals surface area contributed by atoms with E-state index >= 15 is 0 Å². The Balaban J connectivity index is 1.26. The summed E-state index contributed by atoms with van der Waals surface area (Å²) in [4.78, 5) is 9.49. The molecule has 0 spiro atoms. The number of alkyl halides is 6. The van der Waals surface area contributed by atoms with Gasteiger partial charge in [0.25, 0.3) is 0 Å². The monoisotopic (exact) mass is 798 g/mol. The molecule has 290 valence electrons. The Bertz CT molecular complexity index is 3530. The van der Waals surface area contributed by atoms with Gasteiger partial charge in [-0.2, -0.15) is 26.3 Å². The summed E-state index contributed by atoms with van der Waals surface area (Å²) in [5.41, 5.74) is 3.41. The number of nitrogens with zero attached hydrogens (tertiary/aromatic N) is 4. The molecule has 10 heteroatoms. The quantitative estimate of drug-likeness (QED) is 0.131. The molecule has 0 aliphatic heterocycles. The van der Waals surface area contributed by atoms with E-state index in [0.717, 1.165) is 54.8 Å². The number of para-hydroxylation sites is 3. The highest BCUT2D eigenvalue weighted by Crippen LogP contribution is 2.46. The summed E-state index contributed by atoms with van der Waals surface area (Å²) >= 11 is 0. The molecule has 3 heterocycles. The SMILES string of the molecule is FC(F)(F)c1ccc(C(F)(F)F)c(-c2nc(-n3c4ccccc4c4c(-c5cccc6c5c5ccccc5n6-c5ccccc5)cccc43)c3ccc4ccccc4c3n2)c1. The first-order valence-electron chi connectivity index (χ1n) is 19.1. The van der Waals surface area contributed by atoms with Crippen molar-refractivity contribution in [2.24, 2.45) is 0 Å². The minimum Gasteiger partial charge on any atom is -0.309 e. The van der Waals surface area contributed by atoms with Crippen LogP contribution in [0.5, 0.6) is 0 Å². The van der Waals surface area contributed by atoms with Crippen LogP contribution in [0.1, 0.15) is 11.1 Å². The summed E-state index contributed by atoms with van der Waals surface area (Å²) in [7, 11) is 0. The van der Waals surface area contributed by atoms with E-state index in [1.54, 1.807) is 12.1 Å². The number of hydrogen-bond donors (Lipinski definition) is 0. The van der Waals surface area contributed by atoms with Gasteiger partial charge < -0.3 is 4.57 Å². The minimum atomic E-state index is -5.00. The average molecular weight is 799 g/mol. The first kappa shape index (κ1) is 35.7. The molecule has 0 fully saturated rings. The van der Waals surface area contributed by atoms with Gasteiger partial charge in [0.05, 0.1) is 38.7 Å². The zero-order chi connectivity index (χ0) is 40.9. The molecule has 11 rings (SSSR count). The molecule has 0 amide bonds. The maximum Gasteiger partial charge on any atom is 0.417 e. The van der Waals surface area contributed by atoms with E-state index in [1.807, 2.05) is 102 Å². The van der Waals surface area contributed by atoms with Crippen molar-refractivity contribution in [1.82, 2.24) is 19.1 Å². The normalized spacial score (nSPS) is 12.5. The Morgan fingerprint density at radius 3 is 1.62 bits per heavy atom. The molecule has 60 heavy (non-hydrogen) atoms. The molecule has 11 aromatic rings. The van der Waals surface area contributed by atoms with Gasteiger partial charge in [-0.05, 0) is 77.2 Å². The van der Waals surface area contributed by atoms with Gasteiger partial charge >= 0.3 is 12.4 Å². The summed E-state index contributed by atoms with van der Waals surface area (Å²) in [6.45, 7) is 0. The number of benzene rings is 8. The maximum atomic E-state index is 14.7. The van der Waals surface area contributed by atoms with Crippen LogP contribution in [0.15, 0.2) is 170 Å². The van der Waals surface area contributed by atoms with E-state index in [2.05, 4.69) is 52.0 Å². The molecule has 0 aliphatic carbocycles. The molecule has 0 N–H and O–H groups in total. The zero-order valence-electron chi connectivity index (χ0n) is 31.2. The van der Waals surface area contributed by atoms with Crippen LogP contribution in [-0.2, 0) is 12.4 Å². The highest BCUT2D eigenvalue weighted by Gasteiger charge is 2.38. The molecule has 0 saturated carbocycles. The molecular formula is C50H28F6N4. The molecule has 0 saturated heterocycles. The van der Waals surface area contributed by atoms with Gasteiger partial charge in [0, 0.05) is 43.6 Å². The number of aromatic nitrogens is 4. The van der Waals surface area contributed by atoms with Crippen LogP contribution in [0.4, 0.5) is 26.3 Å². The highest BCUT2D eigenvalue weighted by molar-refractivity contribution is 6.22. The van der Waals surface area contributed by atoms with Crippen molar-refractivity contribution in [2.75, 3.05) is 0 Å². The standard InChI is InChI=1S/C50H28F6N4/c51-49(52,53)30-25-27-39(50(54,55)56)38(28-30)47-57-46-32-15-5-4-12-29(32)24-26-37(46)48(58-47)60-41-21-9-7-17-36(41)45-34(19-11-23-43(45)60)33-18-10-22-42-44(33)35-16-6-8-20-40(35)59(42)31-13-2-1-3-14-31/h1-28H. The largest absolute Gasteiger partial charge is 0.417 e. The Morgan fingerprint density at radius 1 is 0.400 bits per heavy atom. The van der Waals surface area contributed by atoms with Crippen LogP contribution >= 0.6 is 0 Å². The van der Waals surface area contributed by atoms with Crippen LogP contribution in [0.25, 0.3) is 99.3 Å². The summed E-state index contributed by atoms with van der Waals surface area (Å²) in [6, 6.07) is 50.7. The smallest absolute Gasteiger partial charge is 0.309 e. The van der Waals surface area contributed by atoms with Gasteiger partial charge in [-0.15, -0.1) is 0 Å². The number of fused-ring (bicyclic) bond motifs is 9. The van der Waals surface area contributed by atoms with Gasteiger partial charge in [-0.25, -0.2) is 9.97 Å². The molecule has 0 bridgehead atoms. The van der Waals surface area contributed by atoms with Gasteiger partial charge in [0.15, 0.2) is 5.82 Å². The highest BCUT2D eigenvalue weighted by atomic mass is 19.4. The first-order chi connectivity index (χ1) is 29.1. The predicted octanol–water partition coefficient (Wildman–Crippen LogP) is 14.3. The first-order valence-corrected chi connectivity index (χ1v) is 19.1. The fraction of sp³-hybridized carbons (Fsp3) is 0.0400. The number of hydrogen-bond acceptors (Lipinski definition) is 2. The molecule has 0 radical (unpaired) electrons. The lowest BCUT2D eigenvalue weighted by atomic mass is 9.95. The van der Waals surface area contributed by atoms with Crippen molar-refractivity contribution in [1.29, 1.82) is 0 Å². The van der Waals surface area contributed by atoms with Gasteiger partial charge in [-0.1, -0.05) is 109 Å². The van der Waals surface area contributed by atoms with Crippen LogP contribution in [0.3, 0.4) is 0 Å². The van der Waals surface area contributed by atoms with E-state index in [1.165, 1.54) is 0 Å². The lowest BCUT2D eigenvalue weighted by Gasteiger charge is -2.18. The third-order valence-corrected chi connectivity index (χ3v) is 11.4. The van der Waals surface area contributed by atoms with Crippen molar-refractivity contribution in [3.05, 3.63) is 181 Å². The Morgan fingerprint density at radius 2 is 0.967 bits per heavy atom. The fourth-order valence-corrected chi connectivity index (χ4v) is 8.86. The third kappa shape index (κ3) is 5.40. The van der Waals surface area contributed by atoms with E-state index in [-0.39, 0.29) is 5.82 Å². The Kier molecular flexibility index (Phi) is 7.75. The topological polar surface area (TPSA) is 35.6 Å². The van der Waals surface area contributed by atoms with E-state index in [9.17, 15) is 26.3 Å². The number of halogens is 6. The summed E-state index contributed by atoms with van der Waals surface area (Å²) in [6.07, 6.45) is -9.91. The van der Waals surface area contributed by atoms with Crippen LogP contribution in [0, 0.1) is 0 Å². The molecular weight excluding hydrogens is 771 g/mol. The predicted molar refractivity (Wildman–Crippen MR) is 227 cm³/mol. The van der Waals surface area contributed by atoms with Crippen molar-refractivity contribution >= 4 is 65.3 Å². The summed E-state index contributed by atoms with van der Waals surface area (Å²) < 4.78 is 90.6. The molecule has 0 atom stereocenters. The van der Waals surface area contributed by atoms with Crippen molar-refractivity contribution in [2.45, 2.75) is 12.4 Å². The Labute approximate surface area is 337 Å². The van der Waals surface area contributed by atoms with Crippen molar-refractivity contribution in [3.8, 4) is 34.0 Å². The molecule has 8 aromatic carbocycles. The van der Waals surface area contributed by atoms with Crippen molar-refractivity contribution in [3.63, 3.8) is 0 Å². The maximum absolute atomic E-state index is 14.7. The fourth-order valence-electron chi connectivity index (χ4n) is 8.86. The molecule has 0 aliphatic rings. The van der Waals surface area contributed by atoms with Gasteiger partial charge in [0.2, 0.25) is 0 Å². The second-order valence-electron chi connectivity index (χ2n) is 14.7. The van der Waals surface area contributed by atoms with Gasteiger partial charge in [0.1, 0.15) is 5.82 Å². The average Bonchev–Trinajstić information content (AvgIpc) is 3.79. The van der Waals surface area contributed by atoms with Crippen LogP contribution < -0.4 is 0 Å². The minimum absolute atomic E-state index is 0.230. The Hall–Kier alpha value is -7.46. The molecule has 4 nitrogen and oxygen atoms in total. The summed E-state index contributed by atoms with van der Waals surface area (Å²) in [5, 5.41) is 5.73. The summed E-state index contributed by atoms with van der Waals surface area (Å²) in [5.74, 6) is -0.249.